The minimum absolute atomic E-state index is 0.0670. The number of carbonyl (C=O) groups is 1. The fourth-order valence-corrected chi connectivity index (χ4v) is 5.07. The topological polar surface area (TPSA) is 73.0 Å². The molecule has 0 saturated carbocycles. The molecule has 0 spiro atoms. The smallest absolute Gasteiger partial charge is 0.243 e. The van der Waals surface area contributed by atoms with E-state index in [1.807, 2.05) is 0 Å². The van der Waals surface area contributed by atoms with Crippen molar-refractivity contribution in [1.82, 2.24) is 14.1 Å². The standard InChI is InChI=1S/C19H30N4O3S/c1-21-12-14-22(15-13-21)16-19(24)20-17-6-8-18(9-7-17)27(25,26)23-10-4-2-3-5-11-23/h6-9H,2-5,10-16H2,1H3,(H,20,24). The van der Waals surface area contributed by atoms with Gasteiger partial charge in [-0.05, 0) is 44.2 Å². The summed E-state index contributed by atoms with van der Waals surface area (Å²) in [5, 5.41) is 2.87. The molecule has 8 heteroatoms. The molecule has 0 unspecified atom stereocenters. The number of rotatable bonds is 5. The maximum absolute atomic E-state index is 12.8. The maximum atomic E-state index is 12.8. The molecule has 7 nitrogen and oxygen atoms in total. The third kappa shape index (κ3) is 5.51. The summed E-state index contributed by atoms with van der Waals surface area (Å²) in [6.07, 6.45) is 4.01. The summed E-state index contributed by atoms with van der Waals surface area (Å²) < 4.78 is 27.2. The Bertz CT molecular complexity index is 720. The van der Waals surface area contributed by atoms with Gasteiger partial charge in [0.15, 0.2) is 0 Å². The van der Waals surface area contributed by atoms with E-state index in [4.69, 9.17) is 0 Å². The van der Waals surface area contributed by atoms with Gasteiger partial charge in [0.25, 0.3) is 0 Å². The lowest BCUT2D eigenvalue weighted by atomic mass is 10.2. The molecular weight excluding hydrogens is 364 g/mol. The van der Waals surface area contributed by atoms with Gasteiger partial charge in [0.1, 0.15) is 0 Å². The molecule has 1 amide bonds. The third-order valence-corrected chi connectivity index (χ3v) is 7.22. The fourth-order valence-electron chi connectivity index (χ4n) is 3.55. The number of hydrogen-bond donors (Lipinski definition) is 1. The number of sulfonamides is 1. The molecule has 27 heavy (non-hydrogen) atoms. The van der Waals surface area contributed by atoms with Crippen molar-refractivity contribution in [2.24, 2.45) is 0 Å². The van der Waals surface area contributed by atoms with Gasteiger partial charge in [0.2, 0.25) is 15.9 Å². The van der Waals surface area contributed by atoms with E-state index >= 15 is 0 Å². The number of carbonyl (C=O) groups excluding carboxylic acids is 1. The zero-order valence-corrected chi connectivity index (χ0v) is 16.9. The van der Waals surface area contributed by atoms with Crippen molar-refractivity contribution in [3.8, 4) is 0 Å². The van der Waals surface area contributed by atoms with Crippen LogP contribution in [-0.4, -0.2) is 81.3 Å². The predicted molar refractivity (Wildman–Crippen MR) is 106 cm³/mol. The molecule has 0 aliphatic carbocycles. The van der Waals surface area contributed by atoms with Crippen molar-refractivity contribution in [2.75, 3.05) is 58.2 Å². The Balaban J connectivity index is 1.57. The Morgan fingerprint density at radius 1 is 0.926 bits per heavy atom. The number of nitrogens with zero attached hydrogens (tertiary/aromatic N) is 3. The Hall–Kier alpha value is -1.48. The Morgan fingerprint density at radius 2 is 1.52 bits per heavy atom. The molecule has 1 aromatic carbocycles. The van der Waals surface area contributed by atoms with Gasteiger partial charge in [0, 0.05) is 45.0 Å². The van der Waals surface area contributed by atoms with Crippen molar-refractivity contribution < 1.29 is 13.2 Å². The highest BCUT2D eigenvalue weighted by Crippen LogP contribution is 2.21. The van der Waals surface area contributed by atoms with Crippen LogP contribution in [0.4, 0.5) is 5.69 Å². The molecule has 2 aliphatic heterocycles. The lowest BCUT2D eigenvalue weighted by Crippen LogP contribution is -2.47. The average molecular weight is 395 g/mol. The average Bonchev–Trinajstić information content (AvgIpc) is 2.94. The van der Waals surface area contributed by atoms with Crippen LogP contribution < -0.4 is 5.32 Å². The van der Waals surface area contributed by atoms with E-state index in [2.05, 4.69) is 22.2 Å². The van der Waals surface area contributed by atoms with Crippen LogP contribution in [0.1, 0.15) is 25.7 Å². The maximum Gasteiger partial charge on any atom is 0.243 e. The van der Waals surface area contributed by atoms with Gasteiger partial charge >= 0.3 is 0 Å². The molecule has 2 saturated heterocycles. The normalized spacial score (nSPS) is 20.9. The fraction of sp³-hybridized carbons (Fsp3) is 0.632. The SMILES string of the molecule is CN1CCN(CC(=O)Nc2ccc(S(=O)(=O)N3CCCCCC3)cc2)CC1. The number of nitrogens with one attached hydrogen (secondary N) is 1. The second-order valence-corrected chi connectivity index (χ2v) is 9.41. The van der Waals surface area contributed by atoms with Gasteiger partial charge < -0.3 is 10.2 Å². The number of piperazine rings is 1. The van der Waals surface area contributed by atoms with Crippen LogP contribution in [0.2, 0.25) is 0 Å². The van der Waals surface area contributed by atoms with E-state index in [9.17, 15) is 13.2 Å². The lowest BCUT2D eigenvalue weighted by molar-refractivity contribution is -0.117. The highest BCUT2D eigenvalue weighted by molar-refractivity contribution is 7.89. The Kier molecular flexibility index (Phi) is 6.86. The van der Waals surface area contributed by atoms with E-state index in [1.54, 1.807) is 28.6 Å². The molecule has 1 aromatic rings. The van der Waals surface area contributed by atoms with Crippen LogP contribution in [0, 0.1) is 0 Å². The second-order valence-electron chi connectivity index (χ2n) is 7.47. The van der Waals surface area contributed by atoms with Gasteiger partial charge in [-0.3, -0.25) is 9.69 Å². The highest BCUT2D eigenvalue weighted by atomic mass is 32.2. The molecule has 2 fully saturated rings. The first-order chi connectivity index (χ1) is 12.9. The van der Waals surface area contributed by atoms with Gasteiger partial charge in [-0.2, -0.15) is 4.31 Å². The quantitative estimate of drug-likeness (QED) is 0.818. The van der Waals surface area contributed by atoms with Crippen LogP contribution in [0.15, 0.2) is 29.2 Å². The van der Waals surface area contributed by atoms with E-state index in [0.717, 1.165) is 51.9 Å². The van der Waals surface area contributed by atoms with Crippen molar-refractivity contribution in [2.45, 2.75) is 30.6 Å². The largest absolute Gasteiger partial charge is 0.325 e. The van der Waals surface area contributed by atoms with Crippen molar-refractivity contribution in [3.63, 3.8) is 0 Å². The monoisotopic (exact) mass is 394 g/mol. The zero-order chi connectivity index (χ0) is 19.3. The number of likely N-dealkylation sites (N-methyl/N-ethyl adjacent to an activating group) is 1. The molecule has 1 N–H and O–H groups in total. The van der Waals surface area contributed by atoms with Crippen molar-refractivity contribution in [1.29, 1.82) is 0 Å². The molecular formula is C19H30N4O3S. The first-order valence-electron chi connectivity index (χ1n) is 9.76. The molecule has 2 heterocycles. The molecule has 0 atom stereocenters. The molecule has 3 rings (SSSR count). The Labute approximate surface area is 162 Å². The minimum atomic E-state index is -3.45. The molecule has 0 aromatic heterocycles. The number of amides is 1. The summed E-state index contributed by atoms with van der Waals surface area (Å²) in [5.74, 6) is -0.0670. The number of hydrogen-bond acceptors (Lipinski definition) is 5. The summed E-state index contributed by atoms with van der Waals surface area (Å²) in [6.45, 7) is 5.25. The summed E-state index contributed by atoms with van der Waals surface area (Å²) in [7, 11) is -1.37. The molecule has 2 aliphatic rings. The van der Waals surface area contributed by atoms with E-state index in [-0.39, 0.29) is 5.91 Å². The number of anilines is 1. The zero-order valence-electron chi connectivity index (χ0n) is 16.1. The predicted octanol–water partition coefficient (Wildman–Crippen LogP) is 1.44. The van der Waals surface area contributed by atoms with Gasteiger partial charge in [0.05, 0.1) is 11.4 Å². The highest BCUT2D eigenvalue weighted by Gasteiger charge is 2.25. The van der Waals surface area contributed by atoms with Crippen LogP contribution in [0.25, 0.3) is 0 Å². The van der Waals surface area contributed by atoms with Crippen LogP contribution in [0.3, 0.4) is 0 Å². The molecule has 0 bridgehead atoms. The second kappa shape index (κ2) is 9.14. The van der Waals surface area contributed by atoms with Crippen molar-refractivity contribution in [3.05, 3.63) is 24.3 Å². The summed E-state index contributed by atoms with van der Waals surface area (Å²) in [5.41, 5.74) is 0.629. The summed E-state index contributed by atoms with van der Waals surface area (Å²) in [6, 6.07) is 6.52. The first-order valence-corrected chi connectivity index (χ1v) is 11.2. The van der Waals surface area contributed by atoms with Gasteiger partial charge in [-0.15, -0.1) is 0 Å². The molecule has 150 valence electrons. The Morgan fingerprint density at radius 3 is 2.11 bits per heavy atom. The lowest BCUT2D eigenvalue weighted by Gasteiger charge is -2.31. The molecule has 0 radical (unpaired) electrons. The van der Waals surface area contributed by atoms with Crippen LogP contribution in [-0.2, 0) is 14.8 Å². The van der Waals surface area contributed by atoms with Gasteiger partial charge in [-0.1, -0.05) is 12.8 Å². The third-order valence-electron chi connectivity index (χ3n) is 5.30. The van der Waals surface area contributed by atoms with Crippen molar-refractivity contribution >= 4 is 21.6 Å². The minimum Gasteiger partial charge on any atom is -0.325 e. The first kappa shape index (κ1) is 20.3. The summed E-state index contributed by atoms with van der Waals surface area (Å²) in [4.78, 5) is 16.9. The van der Waals surface area contributed by atoms with Crippen LogP contribution in [0.5, 0.6) is 0 Å². The van der Waals surface area contributed by atoms with E-state index in [1.165, 1.54) is 0 Å². The van der Waals surface area contributed by atoms with Gasteiger partial charge in [-0.25, -0.2) is 8.42 Å². The van der Waals surface area contributed by atoms with E-state index in [0.29, 0.717) is 30.2 Å². The number of benzene rings is 1. The van der Waals surface area contributed by atoms with E-state index < -0.39 is 10.0 Å². The van der Waals surface area contributed by atoms with Crippen LogP contribution >= 0.6 is 0 Å². The summed E-state index contributed by atoms with van der Waals surface area (Å²) >= 11 is 0.